The van der Waals surface area contributed by atoms with Crippen molar-refractivity contribution in [3.05, 3.63) is 0 Å². The molecule has 0 aliphatic carbocycles. The Hall–Kier alpha value is -6.60. The fourth-order valence-electron chi connectivity index (χ4n) is 9.23. The van der Waals surface area contributed by atoms with Gasteiger partial charge in [0.2, 0.25) is 59.1 Å². The number of hydrogen-bond acceptors (Lipinski definition) is 18. The summed E-state index contributed by atoms with van der Waals surface area (Å²) in [5.41, 5.74) is 11.4. The van der Waals surface area contributed by atoms with E-state index < -0.39 is 156 Å². The summed E-state index contributed by atoms with van der Waals surface area (Å²) in [4.78, 5) is 155. The first-order valence-corrected chi connectivity index (χ1v) is 31.5. The van der Waals surface area contributed by atoms with Crippen LogP contribution >= 0.6 is 0 Å². The highest BCUT2D eigenvalue weighted by molar-refractivity contribution is 5.97. The lowest BCUT2D eigenvalue weighted by atomic mass is 9.95. The molecule has 90 heavy (non-hydrogen) atoms. The van der Waals surface area contributed by atoms with Gasteiger partial charge in [-0.15, -0.1) is 0 Å². The Labute approximate surface area is 530 Å². The maximum atomic E-state index is 13.4. The Morgan fingerprint density at radius 2 is 0.678 bits per heavy atom. The number of carbonyl (C=O) groups is 12. The summed E-state index contributed by atoms with van der Waals surface area (Å²) in [6.07, 6.45) is 3.05. The van der Waals surface area contributed by atoms with E-state index in [0.717, 1.165) is 0 Å². The lowest BCUT2D eigenvalue weighted by molar-refractivity contribution is -0.144. The first-order chi connectivity index (χ1) is 42.2. The van der Waals surface area contributed by atoms with Gasteiger partial charge in [-0.25, -0.2) is 9.59 Å². The van der Waals surface area contributed by atoms with E-state index in [0.29, 0.717) is 90.5 Å². The maximum Gasteiger partial charge on any atom is 0.326 e. The lowest BCUT2D eigenvalue weighted by Crippen LogP contribution is -2.60. The highest BCUT2D eigenvalue weighted by Gasteiger charge is 2.36. The molecule has 0 saturated heterocycles. The second kappa shape index (κ2) is 45.6. The Balaban J connectivity index is 5.29. The molecule has 0 aromatic heterocycles. The number of ether oxygens (including phenoxy) is 2. The molecule has 0 unspecified atom stereocenters. The fraction of sp³-hybridized carbons (Fsp3) is 0.800. The summed E-state index contributed by atoms with van der Waals surface area (Å²) < 4.78 is 11.6. The third-order valence-electron chi connectivity index (χ3n) is 14.5. The van der Waals surface area contributed by atoms with Gasteiger partial charge in [-0.1, -0.05) is 68.2 Å². The first kappa shape index (κ1) is 83.4. The van der Waals surface area contributed by atoms with Gasteiger partial charge >= 0.3 is 11.9 Å². The van der Waals surface area contributed by atoms with Crippen molar-refractivity contribution >= 4 is 71.0 Å². The van der Waals surface area contributed by atoms with E-state index in [-0.39, 0.29) is 49.7 Å². The van der Waals surface area contributed by atoms with E-state index >= 15 is 0 Å². The van der Waals surface area contributed by atoms with E-state index in [4.69, 9.17) is 20.9 Å². The van der Waals surface area contributed by atoms with Gasteiger partial charge in [0, 0.05) is 25.0 Å². The monoisotopic (exact) mass is 1290 g/mol. The van der Waals surface area contributed by atoms with Crippen LogP contribution in [-0.2, 0) is 67.0 Å². The van der Waals surface area contributed by atoms with Gasteiger partial charge in [-0.3, -0.25) is 47.9 Å². The molecule has 0 saturated carbocycles. The number of rotatable bonds is 49. The first-order valence-electron chi connectivity index (χ1n) is 31.5. The predicted octanol–water partition coefficient (Wildman–Crippen LogP) is -1.44. The number of carboxylic acid groups (broad SMARTS) is 2. The quantitative estimate of drug-likeness (QED) is 0.0310. The van der Waals surface area contributed by atoms with Crippen LogP contribution in [0.1, 0.15) is 160 Å². The highest BCUT2D eigenvalue weighted by atomic mass is 16.5. The van der Waals surface area contributed by atoms with Crippen LogP contribution in [0, 0.1) is 35.5 Å². The summed E-state index contributed by atoms with van der Waals surface area (Å²) >= 11 is 0. The van der Waals surface area contributed by atoms with Crippen LogP contribution in [0.2, 0.25) is 0 Å². The number of nitrogens with two attached hydrogens (primary N) is 2. The number of aliphatic carboxylic acids is 2. The Morgan fingerprint density at radius 3 is 0.956 bits per heavy atom. The summed E-state index contributed by atoms with van der Waals surface area (Å²) in [5.74, 6) is -11.8. The molecule has 18 N–H and O–H groups in total. The van der Waals surface area contributed by atoms with Crippen molar-refractivity contribution in [1.82, 2.24) is 53.2 Å². The molecule has 0 bridgehead atoms. The molecular formula is C60H110N12O18. The van der Waals surface area contributed by atoms with Crippen molar-refractivity contribution < 1.29 is 87.4 Å². The van der Waals surface area contributed by atoms with Crippen LogP contribution in [0.15, 0.2) is 0 Å². The third-order valence-corrected chi connectivity index (χ3v) is 14.5. The van der Waals surface area contributed by atoms with E-state index in [2.05, 4.69) is 53.2 Å². The molecule has 0 aliphatic heterocycles. The van der Waals surface area contributed by atoms with Crippen LogP contribution in [0.25, 0.3) is 0 Å². The van der Waals surface area contributed by atoms with Crippen LogP contribution in [0.5, 0.6) is 0 Å². The minimum atomic E-state index is -1.54. The topological polar surface area (TPSA) is 477 Å². The van der Waals surface area contributed by atoms with E-state index in [1.807, 2.05) is 27.7 Å². The number of unbranched alkanes of at least 4 members (excludes halogenated alkanes) is 2. The minimum absolute atomic E-state index is 0.0942. The Kier molecular flexibility index (Phi) is 42.3. The molecule has 30 nitrogen and oxygen atoms in total. The van der Waals surface area contributed by atoms with Crippen LogP contribution in [0.4, 0.5) is 0 Å². The zero-order valence-corrected chi connectivity index (χ0v) is 55.0. The van der Waals surface area contributed by atoms with Gasteiger partial charge in [0.1, 0.15) is 48.3 Å². The zero-order chi connectivity index (χ0) is 68.8. The summed E-state index contributed by atoms with van der Waals surface area (Å²) in [7, 11) is 0. The maximum absolute atomic E-state index is 13.4. The van der Waals surface area contributed by atoms with E-state index in [1.54, 1.807) is 27.7 Å². The molecule has 30 heteroatoms. The Bertz CT molecular complexity index is 2100. The van der Waals surface area contributed by atoms with Crippen LogP contribution in [0.3, 0.4) is 0 Å². The van der Waals surface area contributed by atoms with Crippen LogP contribution in [-0.4, -0.2) is 205 Å². The van der Waals surface area contributed by atoms with Gasteiger partial charge in [-0.05, 0) is 129 Å². The molecule has 0 radical (unpaired) electrons. The molecule has 0 rings (SSSR count). The second-order valence-corrected chi connectivity index (χ2v) is 24.5. The van der Waals surface area contributed by atoms with Gasteiger partial charge in [0.15, 0.2) is 0 Å². The van der Waals surface area contributed by atoms with Crippen molar-refractivity contribution in [2.45, 2.75) is 221 Å². The lowest BCUT2D eigenvalue weighted by Gasteiger charge is -2.27. The number of amides is 10. The molecule has 0 spiro atoms. The molecule has 0 aliphatic rings. The average Bonchev–Trinajstić information content (AvgIpc) is 1.37. The van der Waals surface area contributed by atoms with Crippen molar-refractivity contribution in [3.63, 3.8) is 0 Å². The summed E-state index contributed by atoms with van der Waals surface area (Å²) in [6.45, 7) is 19.8. The Morgan fingerprint density at radius 1 is 0.367 bits per heavy atom. The average molecular weight is 1290 g/mol. The minimum Gasteiger partial charge on any atom is -0.480 e. The molecule has 0 fully saturated rings. The van der Waals surface area contributed by atoms with Gasteiger partial charge in [-0.2, -0.15) is 0 Å². The van der Waals surface area contributed by atoms with Crippen molar-refractivity contribution in [3.8, 4) is 0 Å². The molecule has 0 aromatic carbocycles. The van der Waals surface area contributed by atoms with E-state index in [1.165, 1.54) is 27.7 Å². The molecule has 518 valence electrons. The van der Waals surface area contributed by atoms with Crippen molar-refractivity contribution in [1.29, 1.82) is 0 Å². The number of aliphatic hydroxyl groups is 2. The van der Waals surface area contributed by atoms with Gasteiger partial charge < -0.3 is 94.5 Å². The SMILES string of the molecule is CC(C)C[C@H](NC(=O)CNC(=O)[C@@H](CCCCN)CCCOCCOCCC[C@H](CCCCN)C(=O)NCC(=O)N[C@@H](CC(C)C)C(=O)N[C@@H](C)C(=O)N[C@H](C(=O)N[C@H](C(=O)O)C(C)C)[C@@H](C)O)C(=O)N[C@@H](C)C(=O)N[C@H](C(=O)N[C@H](C(=O)O)C(C)C)[C@@H](C)O. The molecule has 0 heterocycles. The fourth-order valence-corrected chi connectivity index (χ4v) is 9.23. The highest BCUT2D eigenvalue weighted by Crippen LogP contribution is 2.18. The number of carboxylic acids is 2. The zero-order valence-electron chi connectivity index (χ0n) is 55.0. The number of aliphatic hydroxyl groups excluding tert-OH is 2. The number of hydrogen-bond donors (Lipinski definition) is 16. The summed E-state index contributed by atoms with van der Waals surface area (Å²) in [6, 6.07) is -10.4. The molecule has 10 amide bonds. The van der Waals surface area contributed by atoms with Crippen molar-refractivity contribution in [2.75, 3.05) is 52.6 Å². The van der Waals surface area contributed by atoms with Crippen molar-refractivity contribution in [2.24, 2.45) is 47.0 Å². The third kappa shape index (κ3) is 35.1. The largest absolute Gasteiger partial charge is 0.480 e. The van der Waals surface area contributed by atoms with Gasteiger partial charge in [0.05, 0.1) is 38.5 Å². The predicted molar refractivity (Wildman–Crippen MR) is 333 cm³/mol. The van der Waals surface area contributed by atoms with E-state index in [9.17, 15) is 78.0 Å². The normalized spacial score (nSPS) is 15.5. The number of nitrogens with one attached hydrogen (secondary N) is 10. The number of carbonyl (C=O) groups excluding carboxylic acids is 10. The molecule has 12 atom stereocenters. The summed E-state index contributed by atoms with van der Waals surface area (Å²) in [5, 5.41) is 64.4. The molecule has 0 aromatic rings. The second-order valence-electron chi connectivity index (χ2n) is 24.5. The molecular weight excluding hydrogens is 1180 g/mol. The van der Waals surface area contributed by atoms with Crippen LogP contribution < -0.4 is 64.6 Å². The smallest absolute Gasteiger partial charge is 0.326 e. The van der Waals surface area contributed by atoms with Gasteiger partial charge in [0.25, 0.3) is 0 Å². The standard InChI is InChI=1S/C60H110N12O18/c1-33(2)29-43(55(81)65-37(9)51(77)71-49(39(11)73)57(83)69-47(35(5)6)59(85)86)67-45(75)31-63-53(79)41(19-13-15-23-61)21-17-25-89-27-28-90-26-18-22-42(20-14-16-24-62)54(80)64-32-46(76)68-44(30-34(3)4)56(82)66-38(10)52(78)72-50(40(12)74)58(84)70-48(36(7)8)60(87)88/h33-44,47-50,73-74H,13-32,61-62H2,1-12H3,(H,63,79)(H,64,80)(H,65,81)(H,66,82)(H,67,75)(H,68,76)(H,69,83)(H,70,84)(H,71,77)(H,72,78)(H,85,86)(H,87,88)/t37-,38-,39+,40+,41-,42-,43-,44-,47-,48-,49-,50-/m0/s1.